The van der Waals surface area contributed by atoms with Gasteiger partial charge in [0.15, 0.2) is 0 Å². The molecule has 2 rings (SSSR count). The van der Waals surface area contributed by atoms with Crippen molar-refractivity contribution < 1.29 is 0 Å². The SMILES string of the molecule is C=CCn1c(NCCc2ccccc2)cc(=O)n(C)c1=O. The van der Waals surface area contributed by atoms with Crippen LogP contribution in [0, 0.1) is 0 Å². The Kier molecular flexibility index (Phi) is 4.77. The minimum absolute atomic E-state index is 0.317. The fraction of sp³-hybridized carbons (Fsp3) is 0.250. The zero-order valence-electron chi connectivity index (χ0n) is 12.1. The van der Waals surface area contributed by atoms with Gasteiger partial charge in [0, 0.05) is 26.2 Å². The first-order valence-corrected chi connectivity index (χ1v) is 6.83. The molecule has 1 heterocycles. The number of hydrogen-bond acceptors (Lipinski definition) is 3. The second-order valence-electron chi connectivity index (χ2n) is 4.77. The summed E-state index contributed by atoms with van der Waals surface area (Å²) < 4.78 is 2.59. The minimum Gasteiger partial charge on any atom is -0.371 e. The first kappa shape index (κ1) is 14.8. The van der Waals surface area contributed by atoms with Gasteiger partial charge < -0.3 is 5.32 Å². The summed E-state index contributed by atoms with van der Waals surface area (Å²) in [5.41, 5.74) is 0.540. The van der Waals surface area contributed by atoms with Crippen LogP contribution in [0.1, 0.15) is 5.56 Å². The topological polar surface area (TPSA) is 56.0 Å². The Morgan fingerprint density at radius 1 is 1.24 bits per heavy atom. The Labute approximate surface area is 123 Å². The van der Waals surface area contributed by atoms with E-state index < -0.39 is 0 Å². The van der Waals surface area contributed by atoms with Crippen LogP contribution in [0.3, 0.4) is 0 Å². The Hall–Kier alpha value is -2.56. The molecule has 0 aliphatic rings. The van der Waals surface area contributed by atoms with Crippen LogP contribution in [-0.2, 0) is 20.0 Å². The maximum Gasteiger partial charge on any atom is 0.332 e. The molecule has 5 nitrogen and oxygen atoms in total. The molecule has 0 radical (unpaired) electrons. The normalized spacial score (nSPS) is 10.3. The van der Waals surface area contributed by atoms with E-state index in [0.717, 1.165) is 11.0 Å². The van der Waals surface area contributed by atoms with Crippen molar-refractivity contribution in [3.8, 4) is 0 Å². The van der Waals surface area contributed by atoms with Crippen LogP contribution in [0.15, 0.2) is 58.6 Å². The molecule has 2 aromatic rings. The number of nitrogens with zero attached hydrogens (tertiary/aromatic N) is 2. The van der Waals surface area contributed by atoms with Crippen molar-refractivity contribution in [3.63, 3.8) is 0 Å². The van der Waals surface area contributed by atoms with Crippen LogP contribution >= 0.6 is 0 Å². The summed E-state index contributed by atoms with van der Waals surface area (Å²) in [6, 6.07) is 11.5. The molecular weight excluding hydrogens is 266 g/mol. The molecule has 1 aromatic heterocycles. The van der Waals surface area contributed by atoms with E-state index in [0.29, 0.717) is 18.9 Å². The van der Waals surface area contributed by atoms with E-state index in [1.54, 1.807) is 6.08 Å². The second kappa shape index (κ2) is 6.74. The molecule has 0 unspecified atom stereocenters. The molecule has 0 aliphatic heterocycles. The maximum absolute atomic E-state index is 12.1. The van der Waals surface area contributed by atoms with Crippen molar-refractivity contribution >= 4 is 5.82 Å². The summed E-state index contributed by atoms with van der Waals surface area (Å²) in [7, 11) is 1.47. The third kappa shape index (κ3) is 3.51. The van der Waals surface area contributed by atoms with E-state index >= 15 is 0 Å². The number of anilines is 1. The van der Waals surface area contributed by atoms with Crippen LogP contribution in [0.25, 0.3) is 0 Å². The summed E-state index contributed by atoms with van der Waals surface area (Å²) in [4.78, 5) is 23.8. The van der Waals surface area contributed by atoms with Gasteiger partial charge >= 0.3 is 5.69 Å². The Morgan fingerprint density at radius 2 is 1.95 bits per heavy atom. The number of allylic oxidation sites excluding steroid dienone is 1. The van der Waals surface area contributed by atoms with E-state index in [1.165, 1.54) is 23.2 Å². The van der Waals surface area contributed by atoms with E-state index in [2.05, 4.69) is 11.9 Å². The van der Waals surface area contributed by atoms with E-state index in [-0.39, 0.29) is 11.2 Å². The fourth-order valence-electron chi connectivity index (χ4n) is 2.10. The van der Waals surface area contributed by atoms with Gasteiger partial charge in [-0.1, -0.05) is 36.4 Å². The molecule has 1 N–H and O–H groups in total. The van der Waals surface area contributed by atoms with Crippen molar-refractivity contribution in [2.45, 2.75) is 13.0 Å². The van der Waals surface area contributed by atoms with Gasteiger partial charge in [-0.25, -0.2) is 4.79 Å². The molecule has 110 valence electrons. The van der Waals surface area contributed by atoms with Gasteiger partial charge in [-0.2, -0.15) is 0 Å². The molecule has 0 bridgehead atoms. The van der Waals surface area contributed by atoms with E-state index in [9.17, 15) is 9.59 Å². The van der Waals surface area contributed by atoms with Gasteiger partial charge in [0.1, 0.15) is 5.82 Å². The lowest BCUT2D eigenvalue weighted by Gasteiger charge is -2.14. The highest BCUT2D eigenvalue weighted by atomic mass is 16.2. The zero-order chi connectivity index (χ0) is 15.2. The van der Waals surface area contributed by atoms with Gasteiger partial charge in [-0.3, -0.25) is 13.9 Å². The van der Waals surface area contributed by atoms with Crippen molar-refractivity contribution in [3.05, 3.63) is 75.5 Å². The van der Waals surface area contributed by atoms with Crippen molar-refractivity contribution in [2.24, 2.45) is 7.05 Å². The summed E-state index contributed by atoms with van der Waals surface area (Å²) in [6.45, 7) is 4.65. The van der Waals surface area contributed by atoms with Crippen LogP contribution in [0.2, 0.25) is 0 Å². The third-order valence-electron chi connectivity index (χ3n) is 3.27. The summed E-state index contributed by atoms with van der Waals surface area (Å²) in [6.07, 6.45) is 2.45. The number of rotatable bonds is 6. The van der Waals surface area contributed by atoms with E-state index in [4.69, 9.17) is 0 Å². The zero-order valence-corrected chi connectivity index (χ0v) is 12.1. The average molecular weight is 285 g/mol. The third-order valence-corrected chi connectivity index (χ3v) is 3.27. The van der Waals surface area contributed by atoms with Gasteiger partial charge in [0.05, 0.1) is 0 Å². The number of aromatic nitrogens is 2. The summed E-state index contributed by atoms with van der Waals surface area (Å²) in [5.74, 6) is 0.527. The lowest BCUT2D eigenvalue weighted by Crippen LogP contribution is -2.38. The molecule has 1 aromatic carbocycles. The molecule has 5 heteroatoms. The summed E-state index contributed by atoms with van der Waals surface area (Å²) in [5, 5.41) is 3.16. The molecule has 0 spiro atoms. The highest BCUT2D eigenvalue weighted by Gasteiger charge is 2.07. The molecule has 0 fully saturated rings. The molecule has 0 amide bonds. The smallest absolute Gasteiger partial charge is 0.332 e. The quantitative estimate of drug-likeness (QED) is 0.816. The van der Waals surface area contributed by atoms with Crippen LogP contribution in [-0.4, -0.2) is 15.7 Å². The standard InChI is InChI=1S/C16H19N3O2/c1-3-11-19-14(12-15(20)18(2)16(19)21)17-10-9-13-7-5-4-6-8-13/h3-8,12,17H,1,9-11H2,2H3. The molecule has 0 saturated carbocycles. The largest absolute Gasteiger partial charge is 0.371 e. The van der Waals surface area contributed by atoms with Gasteiger partial charge in [-0.05, 0) is 12.0 Å². The maximum atomic E-state index is 12.1. The van der Waals surface area contributed by atoms with Gasteiger partial charge in [0.2, 0.25) is 0 Å². The lowest BCUT2D eigenvalue weighted by atomic mass is 10.1. The van der Waals surface area contributed by atoms with E-state index in [1.807, 2.05) is 30.3 Å². The Bertz CT molecular complexity index is 729. The fourth-order valence-corrected chi connectivity index (χ4v) is 2.10. The number of benzene rings is 1. The molecule has 0 atom stereocenters. The Balaban J connectivity index is 2.17. The van der Waals surface area contributed by atoms with Crippen molar-refractivity contribution in [1.29, 1.82) is 0 Å². The number of nitrogens with one attached hydrogen (secondary N) is 1. The predicted molar refractivity (Wildman–Crippen MR) is 84.8 cm³/mol. The number of hydrogen-bond donors (Lipinski definition) is 1. The first-order chi connectivity index (χ1) is 10.1. The first-order valence-electron chi connectivity index (χ1n) is 6.83. The highest BCUT2D eigenvalue weighted by molar-refractivity contribution is 5.35. The van der Waals surface area contributed by atoms with Crippen molar-refractivity contribution in [2.75, 3.05) is 11.9 Å². The molecule has 21 heavy (non-hydrogen) atoms. The molecular formula is C16H19N3O2. The molecule has 0 aliphatic carbocycles. The van der Waals surface area contributed by atoms with Crippen molar-refractivity contribution in [1.82, 2.24) is 9.13 Å². The second-order valence-corrected chi connectivity index (χ2v) is 4.77. The van der Waals surface area contributed by atoms with Crippen LogP contribution in [0.5, 0.6) is 0 Å². The van der Waals surface area contributed by atoms with Crippen LogP contribution < -0.4 is 16.6 Å². The monoisotopic (exact) mass is 285 g/mol. The van der Waals surface area contributed by atoms with Gasteiger partial charge in [-0.15, -0.1) is 6.58 Å². The predicted octanol–water partition coefficient (Wildman–Crippen LogP) is 1.39. The van der Waals surface area contributed by atoms with Crippen LogP contribution in [0.4, 0.5) is 5.82 Å². The highest BCUT2D eigenvalue weighted by Crippen LogP contribution is 2.04. The Morgan fingerprint density at radius 3 is 2.62 bits per heavy atom. The lowest BCUT2D eigenvalue weighted by molar-refractivity contribution is 0.658. The van der Waals surface area contributed by atoms with Gasteiger partial charge in [0.25, 0.3) is 5.56 Å². The molecule has 0 saturated heterocycles. The average Bonchev–Trinajstić information content (AvgIpc) is 2.50. The minimum atomic E-state index is -0.343. The summed E-state index contributed by atoms with van der Waals surface area (Å²) >= 11 is 0.